The van der Waals surface area contributed by atoms with Gasteiger partial charge in [0.05, 0.1) is 5.75 Å². The fourth-order valence-electron chi connectivity index (χ4n) is 2.51. The first-order valence-electron chi connectivity index (χ1n) is 7.42. The summed E-state index contributed by atoms with van der Waals surface area (Å²) in [5, 5.41) is 0. The summed E-state index contributed by atoms with van der Waals surface area (Å²) in [6.45, 7) is 7.17. The summed E-state index contributed by atoms with van der Waals surface area (Å²) in [5.41, 5.74) is 5.87. The number of piperidine rings is 1. The van der Waals surface area contributed by atoms with Gasteiger partial charge in [0.25, 0.3) is 0 Å². The molecule has 5 nitrogen and oxygen atoms in total. The van der Waals surface area contributed by atoms with Gasteiger partial charge in [-0.25, -0.2) is 8.42 Å². The summed E-state index contributed by atoms with van der Waals surface area (Å²) in [5.74, 6) is -0.521. The third kappa shape index (κ3) is 5.05. The van der Waals surface area contributed by atoms with Gasteiger partial charge in [0.15, 0.2) is 9.84 Å². The topological polar surface area (TPSA) is 80.5 Å². The van der Waals surface area contributed by atoms with Crippen molar-refractivity contribution in [2.75, 3.05) is 24.6 Å². The normalized spacial score (nSPS) is 22.8. The molecule has 0 radical (unpaired) electrons. The number of sulfone groups is 1. The molecule has 0 saturated carbocycles. The van der Waals surface area contributed by atoms with E-state index in [9.17, 15) is 13.2 Å². The summed E-state index contributed by atoms with van der Waals surface area (Å²) in [4.78, 5) is 13.8. The molecule has 118 valence electrons. The summed E-state index contributed by atoms with van der Waals surface area (Å²) in [6.07, 6.45) is 3.23. The van der Waals surface area contributed by atoms with Gasteiger partial charge >= 0.3 is 0 Å². The maximum absolute atomic E-state index is 12.1. The van der Waals surface area contributed by atoms with E-state index in [-0.39, 0.29) is 28.9 Å². The molecule has 1 unspecified atom stereocenters. The number of carbonyl (C=O) groups is 1. The van der Waals surface area contributed by atoms with Gasteiger partial charge in [0.2, 0.25) is 5.91 Å². The maximum atomic E-state index is 12.1. The Morgan fingerprint density at radius 1 is 1.35 bits per heavy atom. The van der Waals surface area contributed by atoms with Crippen LogP contribution < -0.4 is 5.73 Å². The van der Waals surface area contributed by atoms with Crippen LogP contribution in [-0.2, 0) is 14.6 Å². The van der Waals surface area contributed by atoms with Crippen molar-refractivity contribution in [3.8, 4) is 0 Å². The molecule has 0 aliphatic carbocycles. The van der Waals surface area contributed by atoms with E-state index in [1.807, 2.05) is 20.8 Å². The second-order valence-electron chi connectivity index (χ2n) is 6.50. The average molecular weight is 304 g/mol. The quantitative estimate of drug-likeness (QED) is 0.747. The number of likely N-dealkylation sites (tertiary alicyclic amines) is 1. The predicted octanol–water partition coefficient (Wildman–Crippen LogP) is 1.18. The SMILES string of the molecule is CCCCCS(=O)(=O)CC(=O)N1CCC(N)C(C)(C)C1. The number of unbranched alkanes of at least 4 members (excludes halogenated alkanes) is 2. The fourth-order valence-corrected chi connectivity index (χ4v) is 3.86. The smallest absolute Gasteiger partial charge is 0.237 e. The van der Waals surface area contributed by atoms with Gasteiger partial charge in [-0.3, -0.25) is 4.79 Å². The Morgan fingerprint density at radius 3 is 2.55 bits per heavy atom. The number of amides is 1. The standard InChI is InChI=1S/C14H28N2O3S/c1-4-5-6-9-20(18,19)10-13(17)16-8-7-12(15)14(2,3)11-16/h12H,4-11,15H2,1-3H3. The number of carbonyl (C=O) groups excluding carboxylic acids is 1. The molecular weight excluding hydrogens is 276 g/mol. The van der Waals surface area contributed by atoms with Gasteiger partial charge in [-0.15, -0.1) is 0 Å². The third-order valence-electron chi connectivity index (χ3n) is 4.07. The van der Waals surface area contributed by atoms with E-state index in [1.54, 1.807) is 4.90 Å². The fraction of sp³-hybridized carbons (Fsp3) is 0.929. The molecule has 20 heavy (non-hydrogen) atoms. The molecule has 1 rings (SSSR count). The lowest BCUT2D eigenvalue weighted by Crippen LogP contribution is -2.54. The molecule has 1 fully saturated rings. The van der Waals surface area contributed by atoms with Crippen LogP contribution >= 0.6 is 0 Å². The maximum Gasteiger partial charge on any atom is 0.237 e. The van der Waals surface area contributed by atoms with Crippen LogP contribution in [0.5, 0.6) is 0 Å². The van der Waals surface area contributed by atoms with E-state index >= 15 is 0 Å². The van der Waals surface area contributed by atoms with Crippen molar-refractivity contribution >= 4 is 15.7 Å². The number of hydrogen-bond acceptors (Lipinski definition) is 4. The molecule has 1 amide bonds. The second-order valence-corrected chi connectivity index (χ2v) is 8.68. The van der Waals surface area contributed by atoms with Gasteiger partial charge in [0, 0.05) is 19.1 Å². The number of rotatable bonds is 6. The van der Waals surface area contributed by atoms with Crippen molar-refractivity contribution < 1.29 is 13.2 Å². The Labute approximate surface area is 122 Å². The zero-order valence-corrected chi connectivity index (χ0v) is 13.7. The van der Waals surface area contributed by atoms with Crippen molar-refractivity contribution in [3.05, 3.63) is 0 Å². The number of nitrogens with zero attached hydrogens (tertiary/aromatic N) is 1. The lowest BCUT2D eigenvalue weighted by atomic mass is 9.80. The highest BCUT2D eigenvalue weighted by atomic mass is 32.2. The van der Waals surface area contributed by atoms with Gasteiger partial charge in [-0.2, -0.15) is 0 Å². The Morgan fingerprint density at radius 2 is 2.00 bits per heavy atom. The summed E-state index contributed by atoms with van der Waals surface area (Å²) in [7, 11) is -3.28. The minimum atomic E-state index is -3.28. The van der Waals surface area contributed by atoms with Crippen LogP contribution in [0.15, 0.2) is 0 Å². The number of nitrogens with two attached hydrogens (primary N) is 1. The van der Waals surface area contributed by atoms with Crippen LogP contribution in [0.25, 0.3) is 0 Å². The molecule has 1 heterocycles. The molecule has 0 aromatic carbocycles. The predicted molar refractivity (Wildman–Crippen MR) is 81.1 cm³/mol. The molecule has 0 aromatic rings. The molecular formula is C14H28N2O3S. The van der Waals surface area contributed by atoms with E-state index < -0.39 is 9.84 Å². The lowest BCUT2D eigenvalue weighted by Gasteiger charge is -2.42. The van der Waals surface area contributed by atoms with Gasteiger partial charge in [0.1, 0.15) is 5.75 Å². The molecule has 1 aliphatic heterocycles. The van der Waals surface area contributed by atoms with Crippen LogP contribution in [0.1, 0.15) is 46.5 Å². The first-order valence-corrected chi connectivity index (χ1v) is 9.24. The highest BCUT2D eigenvalue weighted by Gasteiger charge is 2.36. The number of hydrogen-bond donors (Lipinski definition) is 1. The second kappa shape index (κ2) is 6.89. The summed E-state index contributed by atoms with van der Waals surface area (Å²) < 4.78 is 23.8. The highest BCUT2D eigenvalue weighted by Crippen LogP contribution is 2.27. The largest absolute Gasteiger partial charge is 0.341 e. The van der Waals surface area contributed by atoms with Crippen LogP contribution in [0.4, 0.5) is 0 Å². The molecule has 0 aromatic heterocycles. The van der Waals surface area contributed by atoms with E-state index in [0.29, 0.717) is 19.5 Å². The summed E-state index contributed by atoms with van der Waals surface area (Å²) in [6, 6.07) is 0.0627. The zero-order chi connectivity index (χ0) is 15.4. The van der Waals surface area contributed by atoms with Crippen LogP contribution in [0.3, 0.4) is 0 Å². The van der Waals surface area contributed by atoms with Crippen molar-refractivity contribution in [2.24, 2.45) is 11.1 Å². The van der Waals surface area contributed by atoms with E-state index in [0.717, 1.165) is 19.3 Å². The van der Waals surface area contributed by atoms with Crippen LogP contribution in [0.2, 0.25) is 0 Å². The average Bonchev–Trinajstić information content (AvgIpc) is 2.32. The van der Waals surface area contributed by atoms with E-state index in [1.165, 1.54) is 0 Å². The summed E-state index contributed by atoms with van der Waals surface area (Å²) >= 11 is 0. The molecule has 6 heteroatoms. The van der Waals surface area contributed by atoms with Gasteiger partial charge in [-0.05, 0) is 18.3 Å². The van der Waals surface area contributed by atoms with Gasteiger partial charge < -0.3 is 10.6 Å². The van der Waals surface area contributed by atoms with E-state index in [2.05, 4.69) is 0 Å². The third-order valence-corrected chi connectivity index (χ3v) is 5.66. The van der Waals surface area contributed by atoms with E-state index in [4.69, 9.17) is 5.73 Å². The Bertz CT molecular complexity index is 432. The van der Waals surface area contributed by atoms with Gasteiger partial charge in [-0.1, -0.05) is 33.6 Å². The molecule has 1 aliphatic rings. The zero-order valence-electron chi connectivity index (χ0n) is 12.9. The highest BCUT2D eigenvalue weighted by molar-refractivity contribution is 7.92. The Hall–Kier alpha value is -0.620. The minimum absolute atomic E-state index is 0.0627. The Balaban J connectivity index is 2.54. The van der Waals surface area contributed by atoms with Crippen molar-refractivity contribution in [1.29, 1.82) is 0 Å². The van der Waals surface area contributed by atoms with Crippen molar-refractivity contribution in [3.63, 3.8) is 0 Å². The Kier molecular flexibility index (Phi) is 6.01. The first-order chi connectivity index (χ1) is 9.18. The van der Waals surface area contributed by atoms with Crippen molar-refractivity contribution in [1.82, 2.24) is 4.90 Å². The molecule has 0 bridgehead atoms. The molecule has 0 spiro atoms. The lowest BCUT2D eigenvalue weighted by molar-refractivity contribution is -0.131. The van der Waals surface area contributed by atoms with Crippen LogP contribution in [0, 0.1) is 5.41 Å². The monoisotopic (exact) mass is 304 g/mol. The minimum Gasteiger partial charge on any atom is -0.341 e. The molecule has 2 N–H and O–H groups in total. The van der Waals surface area contributed by atoms with Crippen molar-refractivity contribution in [2.45, 2.75) is 52.5 Å². The van der Waals surface area contributed by atoms with Crippen LogP contribution in [-0.4, -0.2) is 49.9 Å². The first kappa shape index (κ1) is 17.4. The molecule has 1 saturated heterocycles. The molecule has 1 atom stereocenters.